The summed E-state index contributed by atoms with van der Waals surface area (Å²) < 4.78 is 37.5. The maximum Gasteiger partial charge on any atom is 0.243 e. The van der Waals surface area contributed by atoms with Gasteiger partial charge in [0.25, 0.3) is 0 Å². The lowest BCUT2D eigenvalue weighted by Crippen LogP contribution is -2.40. The smallest absolute Gasteiger partial charge is 0.243 e. The Morgan fingerprint density at radius 1 is 1.29 bits per heavy atom. The first-order chi connectivity index (χ1) is 10.0. The SMILES string of the molecule is CNCC1CCCN1S(=O)(=O)c1ccc(OC)c(OC)c1. The fourth-order valence-corrected chi connectivity index (χ4v) is 4.39. The minimum atomic E-state index is -3.51. The van der Waals surface area contributed by atoms with Gasteiger partial charge in [-0.05, 0) is 32.0 Å². The Labute approximate surface area is 126 Å². The van der Waals surface area contributed by atoms with E-state index in [9.17, 15) is 8.42 Å². The van der Waals surface area contributed by atoms with Crippen LogP contribution in [0.3, 0.4) is 0 Å². The third-order valence-corrected chi connectivity index (χ3v) is 5.67. The number of nitrogens with one attached hydrogen (secondary N) is 1. The fraction of sp³-hybridized carbons (Fsp3) is 0.571. The third-order valence-electron chi connectivity index (χ3n) is 3.72. The second-order valence-electron chi connectivity index (χ2n) is 4.99. The fourth-order valence-electron chi connectivity index (χ4n) is 2.68. The minimum absolute atomic E-state index is 0.00750. The van der Waals surface area contributed by atoms with E-state index in [1.54, 1.807) is 16.4 Å². The predicted molar refractivity (Wildman–Crippen MR) is 80.4 cm³/mol. The van der Waals surface area contributed by atoms with E-state index in [4.69, 9.17) is 9.47 Å². The average molecular weight is 314 g/mol. The first kappa shape index (κ1) is 16.1. The second-order valence-corrected chi connectivity index (χ2v) is 6.88. The summed E-state index contributed by atoms with van der Waals surface area (Å²) >= 11 is 0. The third kappa shape index (κ3) is 3.14. The molecule has 0 amide bonds. The summed E-state index contributed by atoms with van der Waals surface area (Å²) in [7, 11) is 1.34. The number of methoxy groups -OCH3 is 2. The molecule has 1 fully saturated rings. The molecule has 1 unspecified atom stereocenters. The van der Waals surface area contributed by atoms with Gasteiger partial charge in [0.1, 0.15) is 0 Å². The standard InChI is InChI=1S/C14H22N2O4S/c1-15-10-11-5-4-8-16(11)21(17,18)12-6-7-13(19-2)14(9-12)20-3/h6-7,9,11,15H,4-5,8,10H2,1-3H3. The van der Waals surface area contributed by atoms with Crippen LogP contribution in [-0.2, 0) is 10.0 Å². The minimum Gasteiger partial charge on any atom is -0.493 e. The summed E-state index contributed by atoms with van der Waals surface area (Å²) in [5.74, 6) is 0.938. The van der Waals surface area contributed by atoms with E-state index in [1.165, 1.54) is 20.3 Å². The molecule has 1 aliphatic rings. The van der Waals surface area contributed by atoms with Gasteiger partial charge in [0.05, 0.1) is 19.1 Å². The Hall–Kier alpha value is -1.31. The molecule has 6 nitrogen and oxygen atoms in total. The van der Waals surface area contributed by atoms with Crippen molar-refractivity contribution in [2.24, 2.45) is 0 Å². The lowest BCUT2D eigenvalue weighted by atomic mass is 10.2. The molecule has 1 heterocycles. The van der Waals surface area contributed by atoms with Crippen molar-refractivity contribution in [1.82, 2.24) is 9.62 Å². The lowest BCUT2D eigenvalue weighted by Gasteiger charge is -2.24. The molecule has 21 heavy (non-hydrogen) atoms. The first-order valence-corrected chi connectivity index (χ1v) is 8.37. The van der Waals surface area contributed by atoms with E-state index in [0.29, 0.717) is 24.6 Å². The number of rotatable bonds is 6. The Morgan fingerprint density at radius 3 is 2.62 bits per heavy atom. The molecule has 0 saturated carbocycles. The summed E-state index contributed by atoms with van der Waals surface area (Å²) in [5.41, 5.74) is 0. The quantitative estimate of drug-likeness (QED) is 0.851. The number of nitrogens with zero attached hydrogens (tertiary/aromatic N) is 1. The van der Waals surface area contributed by atoms with Crippen molar-refractivity contribution in [3.63, 3.8) is 0 Å². The Balaban J connectivity index is 2.35. The van der Waals surface area contributed by atoms with Crippen molar-refractivity contribution in [3.05, 3.63) is 18.2 Å². The van der Waals surface area contributed by atoms with Crippen molar-refractivity contribution < 1.29 is 17.9 Å². The maximum atomic E-state index is 12.8. The maximum absolute atomic E-state index is 12.8. The van der Waals surface area contributed by atoms with Gasteiger partial charge in [0.15, 0.2) is 11.5 Å². The Bertz CT molecular complexity index is 589. The number of hydrogen-bond acceptors (Lipinski definition) is 5. The van der Waals surface area contributed by atoms with Gasteiger partial charge in [-0.1, -0.05) is 0 Å². The van der Waals surface area contributed by atoms with Crippen molar-refractivity contribution in [1.29, 1.82) is 0 Å². The van der Waals surface area contributed by atoms with Crippen molar-refractivity contribution in [2.75, 3.05) is 34.4 Å². The Kier molecular flexibility index (Phi) is 5.08. The summed E-state index contributed by atoms with van der Waals surface area (Å²) in [4.78, 5) is 0.239. The van der Waals surface area contributed by atoms with Crippen LogP contribution in [0.5, 0.6) is 11.5 Å². The van der Waals surface area contributed by atoms with E-state index in [1.807, 2.05) is 7.05 Å². The van der Waals surface area contributed by atoms with Crippen LogP contribution < -0.4 is 14.8 Å². The summed E-state index contributed by atoms with van der Waals surface area (Å²) in [6, 6.07) is 4.71. The van der Waals surface area contributed by atoms with Crippen LogP contribution in [0, 0.1) is 0 Å². The normalized spacial score (nSPS) is 19.7. The Morgan fingerprint density at radius 2 is 2.00 bits per heavy atom. The molecule has 7 heteroatoms. The first-order valence-electron chi connectivity index (χ1n) is 6.93. The zero-order valence-corrected chi connectivity index (χ0v) is 13.4. The van der Waals surface area contributed by atoms with Crippen LogP contribution in [0.1, 0.15) is 12.8 Å². The number of benzene rings is 1. The van der Waals surface area contributed by atoms with E-state index < -0.39 is 10.0 Å². The predicted octanol–water partition coefficient (Wildman–Crippen LogP) is 1.08. The van der Waals surface area contributed by atoms with E-state index in [0.717, 1.165) is 12.8 Å². The highest BCUT2D eigenvalue weighted by atomic mass is 32.2. The van der Waals surface area contributed by atoms with Crippen LogP contribution in [-0.4, -0.2) is 53.1 Å². The van der Waals surface area contributed by atoms with E-state index in [-0.39, 0.29) is 10.9 Å². The van der Waals surface area contributed by atoms with Gasteiger partial charge in [0, 0.05) is 25.2 Å². The monoisotopic (exact) mass is 314 g/mol. The molecule has 1 saturated heterocycles. The van der Waals surface area contributed by atoms with Gasteiger partial charge in [-0.3, -0.25) is 0 Å². The highest BCUT2D eigenvalue weighted by molar-refractivity contribution is 7.89. The van der Waals surface area contributed by atoms with Crippen molar-refractivity contribution >= 4 is 10.0 Å². The van der Waals surface area contributed by atoms with Crippen molar-refractivity contribution in [3.8, 4) is 11.5 Å². The average Bonchev–Trinajstić information content (AvgIpc) is 2.96. The second kappa shape index (κ2) is 6.64. The van der Waals surface area contributed by atoms with Gasteiger partial charge in [-0.15, -0.1) is 0 Å². The molecule has 1 aromatic rings. The van der Waals surface area contributed by atoms with Gasteiger partial charge in [-0.25, -0.2) is 8.42 Å². The van der Waals surface area contributed by atoms with E-state index in [2.05, 4.69) is 5.32 Å². The highest BCUT2D eigenvalue weighted by Crippen LogP contribution is 2.32. The lowest BCUT2D eigenvalue weighted by molar-refractivity contribution is 0.352. The van der Waals surface area contributed by atoms with Gasteiger partial charge in [0.2, 0.25) is 10.0 Å². The van der Waals surface area contributed by atoms with Crippen LogP contribution in [0.25, 0.3) is 0 Å². The molecule has 1 N–H and O–H groups in total. The zero-order chi connectivity index (χ0) is 15.5. The largest absolute Gasteiger partial charge is 0.493 e. The van der Waals surface area contributed by atoms with Gasteiger partial charge < -0.3 is 14.8 Å². The molecule has 1 aromatic carbocycles. The molecule has 0 radical (unpaired) electrons. The molecule has 2 rings (SSSR count). The molecule has 0 aliphatic carbocycles. The number of likely N-dealkylation sites (N-methyl/N-ethyl adjacent to an activating group) is 1. The number of sulfonamides is 1. The summed E-state index contributed by atoms with van der Waals surface area (Å²) in [6.45, 7) is 1.22. The van der Waals surface area contributed by atoms with Crippen LogP contribution in [0.2, 0.25) is 0 Å². The van der Waals surface area contributed by atoms with Crippen LogP contribution >= 0.6 is 0 Å². The van der Waals surface area contributed by atoms with Crippen LogP contribution in [0.15, 0.2) is 23.1 Å². The van der Waals surface area contributed by atoms with Crippen molar-refractivity contribution in [2.45, 2.75) is 23.8 Å². The number of ether oxygens (including phenoxy) is 2. The molecule has 1 aliphatic heterocycles. The topological polar surface area (TPSA) is 67.9 Å². The zero-order valence-electron chi connectivity index (χ0n) is 12.6. The molecule has 0 bridgehead atoms. The van der Waals surface area contributed by atoms with Gasteiger partial charge >= 0.3 is 0 Å². The molecular formula is C14H22N2O4S. The molecule has 118 valence electrons. The summed E-state index contributed by atoms with van der Waals surface area (Å²) in [6.07, 6.45) is 1.77. The van der Waals surface area contributed by atoms with Crippen LogP contribution in [0.4, 0.5) is 0 Å². The highest BCUT2D eigenvalue weighted by Gasteiger charge is 2.35. The van der Waals surface area contributed by atoms with Gasteiger partial charge in [-0.2, -0.15) is 4.31 Å². The molecular weight excluding hydrogens is 292 g/mol. The molecule has 0 spiro atoms. The number of hydrogen-bond donors (Lipinski definition) is 1. The molecule has 1 atom stereocenters. The molecule has 0 aromatic heterocycles. The van der Waals surface area contributed by atoms with E-state index >= 15 is 0 Å². The summed E-state index contributed by atoms with van der Waals surface area (Å²) in [5, 5.41) is 3.05.